The van der Waals surface area contributed by atoms with Crippen molar-refractivity contribution in [2.24, 2.45) is 5.73 Å². The Morgan fingerprint density at radius 1 is 1.29 bits per heavy atom. The van der Waals surface area contributed by atoms with Crippen molar-refractivity contribution in [3.05, 3.63) is 22.2 Å². The summed E-state index contributed by atoms with van der Waals surface area (Å²) in [5.74, 6) is -0.751. The highest BCUT2D eigenvalue weighted by molar-refractivity contribution is 6.37. The predicted octanol–water partition coefficient (Wildman–Crippen LogP) is 3.80. The van der Waals surface area contributed by atoms with E-state index in [-0.39, 0.29) is 15.8 Å². The summed E-state index contributed by atoms with van der Waals surface area (Å²) in [6, 6.07) is 2.77. The molecule has 0 bridgehead atoms. The van der Waals surface area contributed by atoms with Crippen LogP contribution in [0.15, 0.2) is 12.1 Å². The molecule has 0 spiro atoms. The summed E-state index contributed by atoms with van der Waals surface area (Å²) in [6.45, 7) is -3.02. The lowest BCUT2D eigenvalue weighted by molar-refractivity contribution is -0.122. The molecule has 1 aromatic carbocycles. The van der Waals surface area contributed by atoms with E-state index in [1.54, 1.807) is 0 Å². The first-order valence-electron chi connectivity index (χ1n) is 6.36. The van der Waals surface area contributed by atoms with E-state index in [4.69, 9.17) is 28.9 Å². The molecule has 1 aliphatic carbocycles. The molecule has 0 saturated heterocycles. The van der Waals surface area contributed by atoms with E-state index in [1.165, 1.54) is 12.1 Å². The van der Waals surface area contributed by atoms with Crippen molar-refractivity contribution < 1.29 is 18.3 Å². The van der Waals surface area contributed by atoms with Crippen molar-refractivity contribution in [2.45, 2.75) is 37.8 Å². The summed E-state index contributed by atoms with van der Waals surface area (Å²) in [4.78, 5) is 11.7. The molecule has 0 aliphatic heterocycles. The summed E-state index contributed by atoms with van der Waals surface area (Å²) >= 11 is 11.8. The molecule has 0 atom stereocenters. The van der Waals surface area contributed by atoms with E-state index >= 15 is 0 Å². The van der Waals surface area contributed by atoms with Gasteiger partial charge in [-0.05, 0) is 25.0 Å². The molecular weight excluding hydrogens is 325 g/mol. The van der Waals surface area contributed by atoms with Gasteiger partial charge in [-0.1, -0.05) is 36.0 Å². The van der Waals surface area contributed by atoms with E-state index in [9.17, 15) is 13.6 Å². The molecule has 4 nitrogen and oxygen atoms in total. The molecule has 0 unspecified atom stereocenters. The van der Waals surface area contributed by atoms with E-state index in [1.807, 2.05) is 0 Å². The molecule has 1 fully saturated rings. The average molecular weight is 339 g/mol. The number of primary amides is 1. The number of ether oxygens (including phenoxy) is 1. The van der Waals surface area contributed by atoms with E-state index < -0.39 is 18.1 Å². The zero-order chi connectivity index (χ0) is 15.6. The topological polar surface area (TPSA) is 64.4 Å². The lowest BCUT2D eigenvalue weighted by Gasteiger charge is -2.28. The Bertz CT molecular complexity index is 526. The molecule has 0 heterocycles. The van der Waals surface area contributed by atoms with Crippen LogP contribution < -0.4 is 15.8 Å². The smallest absolute Gasteiger partial charge is 0.387 e. The van der Waals surface area contributed by atoms with Crippen molar-refractivity contribution in [1.29, 1.82) is 0 Å². The number of amides is 1. The number of rotatable bonds is 5. The van der Waals surface area contributed by atoms with Gasteiger partial charge < -0.3 is 15.8 Å². The molecule has 21 heavy (non-hydrogen) atoms. The second-order valence-corrected chi connectivity index (χ2v) is 5.74. The number of hydrogen-bond donors (Lipinski definition) is 2. The lowest BCUT2D eigenvalue weighted by atomic mass is 9.96. The Balaban J connectivity index is 2.27. The summed E-state index contributed by atoms with van der Waals surface area (Å²) < 4.78 is 28.8. The summed E-state index contributed by atoms with van der Waals surface area (Å²) in [5.41, 5.74) is 5.05. The number of nitrogens with two attached hydrogens (primary N) is 1. The minimum absolute atomic E-state index is 0.0667. The van der Waals surface area contributed by atoms with Gasteiger partial charge in [0.25, 0.3) is 0 Å². The first kappa shape index (κ1) is 16.1. The van der Waals surface area contributed by atoms with Crippen LogP contribution in [0.1, 0.15) is 25.7 Å². The Labute approximate surface area is 130 Å². The maximum absolute atomic E-state index is 12.3. The monoisotopic (exact) mass is 338 g/mol. The maximum Gasteiger partial charge on any atom is 0.387 e. The predicted molar refractivity (Wildman–Crippen MR) is 77.1 cm³/mol. The zero-order valence-corrected chi connectivity index (χ0v) is 12.5. The van der Waals surface area contributed by atoms with Crippen LogP contribution in [0.4, 0.5) is 14.5 Å². The van der Waals surface area contributed by atoms with Gasteiger partial charge in [-0.25, -0.2) is 0 Å². The number of alkyl halides is 2. The lowest BCUT2D eigenvalue weighted by Crippen LogP contribution is -2.48. The van der Waals surface area contributed by atoms with Crippen LogP contribution in [-0.2, 0) is 4.79 Å². The molecule has 3 N–H and O–H groups in total. The van der Waals surface area contributed by atoms with Crippen molar-refractivity contribution in [2.75, 3.05) is 5.32 Å². The second kappa shape index (κ2) is 6.23. The third-order valence-corrected chi connectivity index (χ3v) is 4.08. The molecule has 1 amide bonds. The fourth-order valence-electron chi connectivity index (χ4n) is 2.52. The number of benzene rings is 1. The molecule has 1 saturated carbocycles. The van der Waals surface area contributed by atoms with Crippen LogP contribution >= 0.6 is 23.2 Å². The molecule has 8 heteroatoms. The highest BCUT2D eigenvalue weighted by Gasteiger charge is 2.39. The standard InChI is InChI=1S/C13H14Cl2F2N2O2/c14-8-5-7(6-9(15)10(8)21-12(16)17)19-13(11(18)20)3-1-2-4-13/h5-6,12,19H,1-4H2,(H2,18,20). The molecule has 0 radical (unpaired) electrons. The largest absolute Gasteiger partial charge is 0.432 e. The number of carbonyl (C=O) groups excluding carboxylic acids is 1. The van der Waals surface area contributed by atoms with Gasteiger partial charge in [0.05, 0.1) is 10.0 Å². The van der Waals surface area contributed by atoms with Crippen LogP contribution in [0.5, 0.6) is 5.75 Å². The molecule has 1 aliphatic rings. The molecule has 116 valence electrons. The molecule has 1 aromatic rings. The SMILES string of the molecule is NC(=O)C1(Nc2cc(Cl)c(OC(F)F)c(Cl)c2)CCCC1. The van der Waals surface area contributed by atoms with Crippen molar-refractivity contribution in [1.82, 2.24) is 0 Å². The Kier molecular flexibility index (Phi) is 4.78. The maximum atomic E-state index is 12.3. The average Bonchev–Trinajstić information content (AvgIpc) is 2.83. The normalized spacial score (nSPS) is 17.0. The van der Waals surface area contributed by atoms with Gasteiger partial charge in [-0.15, -0.1) is 0 Å². The van der Waals surface area contributed by atoms with Crippen LogP contribution in [0.3, 0.4) is 0 Å². The molecule has 2 rings (SSSR count). The first-order chi connectivity index (χ1) is 9.84. The molecular formula is C13H14Cl2F2N2O2. The Morgan fingerprint density at radius 3 is 2.24 bits per heavy atom. The summed E-state index contributed by atoms with van der Waals surface area (Å²) in [6.07, 6.45) is 2.97. The van der Waals surface area contributed by atoms with Gasteiger partial charge in [0.15, 0.2) is 5.75 Å². The van der Waals surface area contributed by atoms with Crippen LogP contribution in [0.2, 0.25) is 10.0 Å². The highest BCUT2D eigenvalue weighted by Crippen LogP contribution is 2.39. The fourth-order valence-corrected chi connectivity index (χ4v) is 3.10. The highest BCUT2D eigenvalue weighted by atomic mass is 35.5. The number of halogens is 4. The van der Waals surface area contributed by atoms with Gasteiger partial charge in [0.1, 0.15) is 5.54 Å². The number of carbonyl (C=O) groups is 1. The van der Waals surface area contributed by atoms with Gasteiger partial charge in [0, 0.05) is 5.69 Å². The van der Waals surface area contributed by atoms with E-state index in [0.717, 1.165) is 12.8 Å². The fraction of sp³-hybridized carbons (Fsp3) is 0.462. The second-order valence-electron chi connectivity index (χ2n) is 4.93. The molecule has 0 aromatic heterocycles. The van der Waals surface area contributed by atoms with Crippen molar-refractivity contribution in [3.8, 4) is 5.75 Å². The minimum Gasteiger partial charge on any atom is -0.432 e. The van der Waals surface area contributed by atoms with E-state index in [0.29, 0.717) is 18.5 Å². The van der Waals surface area contributed by atoms with Gasteiger partial charge in [-0.3, -0.25) is 4.79 Å². The number of hydrogen-bond acceptors (Lipinski definition) is 3. The van der Waals surface area contributed by atoms with E-state index in [2.05, 4.69) is 10.1 Å². The zero-order valence-electron chi connectivity index (χ0n) is 11.0. The third-order valence-electron chi connectivity index (χ3n) is 3.52. The van der Waals surface area contributed by atoms with Crippen LogP contribution in [0, 0.1) is 0 Å². The van der Waals surface area contributed by atoms with Gasteiger partial charge in [0.2, 0.25) is 5.91 Å². The van der Waals surface area contributed by atoms with Gasteiger partial charge >= 0.3 is 6.61 Å². The summed E-state index contributed by atoms with van der Waals surface area (Å²) in [7, 11) is 0. The number of nitrogens with one attached hydrogen (secondary N) is 1. The number of anilines is 1. The van der Waals surface area contributed by atoms with Crippen LogP contribution in [0.25, 0.3) is 0 Å². The summed E-state index contributed by atoms with van der Waals surface area (Å²) in [5, 5.41) is 2.90. The third kappa shape index (κ3) is 3.49. The van der Waals surface area contributed by atoms with Gasteiger partial charge in [-0.2, -0.15) is 8.78 Å². The van der Waals surface area contributed by atoms with Crippen LogP contribution in [-0.4, -0.2) is 18.1 Å². The quantitative estimate of drug-likeness (QED) is 0.858. The minimum atomic E-state index is -3.02. The first-order valence-corrected chi connectivity index (χ1v) is 7.11. The Hall–Kier alpha value is -1.27. The van der Waals surface area contributed by atoms with Crippen molar-refractivity contribution >= 4 is 34.8 Å². The Morgan fingerprint density at radius 2 is 1.81 bits per heavy atom. The van der Waals surface area contributed by atoms with Crippen molar-refractivity contribution in [3.63, 3.8) is 0 Å².